The molecule has 0 aliphatic heterocycles. The van der Waals surface area contributed by atoms with Crippen LogP contribution in [-0.2, 0) is 0 Å². The highest BCUT2D eigenvalue weighted by molar-refractivity contribution is 6.35. The molecule has 0 amide bonds. The van der Waals surface area contributed by atoms with Crippen LogP contribution in [0.5, 0.6) is 0 Å². The standard InChI is InChI=1S/C14H10Cl2O2/c1-8-2-4-10(14(17)18)11(6-8)12-7-9(15)3-5-13(12)16/h2-7H,1H3,(H,17,18). The highest BCUT2D eigenvalue weighted by Gasteiger charge is 2.14. The summed E-state index contributed by atoms with van der Waals surface area (Å²) < 4.78 is 0. The van der Waals surface area contributed by atoms with Crippen molar-refractivity contribution < 1.29 is 9.90 Å². The van der Waals surface area contributed by atoms with Crippen molar-refractivity contribution in [3.8, 4) is 11.1 Å². The first kappa shape index (κ1) is 12.9. The second-order valence-corrected chi connectivity index (χ2v) is 4.82. The van der Waals surface area contributed by atoms with E-state index in [0.717, 1.165) is 5.56 Å². The van der Waals surface area contributed by atoms with Gasteiger partial charge in [-0.05, 0) is 36.8 Å². The van der Waals surface area contributed by atoms with Crippen molar-refractivity contribution in [3.63, 3.8) is 0 Å². The topological polar surface area (TPSA) is 37.3 Å². The molecule has 0 fully saturated rings. The summed E-state index contributed by atoms with van der Waals surface area (Å²) in [5.74, 6) is -0.985. The fraction of sp³-hybridized carbons (Fsp3) is 0.0714. The van der Waals surface area contributed by atoms with E-state index in [1.54, 1.807) is 36.4 Å². The van der Waals surface area contributed by atoms with E-state index in [9.17, 15) is 9.90 Å². The first-order chi connectivity index (χ1) is 8.49. The fourth-order valence-electron chi connectivity index (χ4n) is 1.77. The normalized spacial score (nSPS) is 10.4. The second-order valence-electron chi connectivity index (χ2n) is 3.98. The molecule has 0 aliphatic carbocycles. The molecule has 2 aromatic rings. The van der Waals surface area contributed by atoms with Crippen molar-refractivity contribution in [1.29, 1.82) is 0 Å². The number of carboxylic acid groups (broad SMARTS) is 1. The lowest BCUT2D eigenvalue weighted by Gasteiger charge is -2.10. The lowest BCUT2D eigenvalue weighted by Crippen LogP contribution is -2.00. The van der Waals surface area contributed by atoms with Gasteiger partial charge in [0.1, 0.15) is 0 Å². The van der Waals surface area contributed by atoms with Crippen LogP contribution in [0.1, 0.15) is 15.9 Å². The van der Waals surface area contributed by atoms with E-state index < -0.39 is 5.97 Å². The number of hydrogen-bond acceptors (Lipinski definition) is 1. The van der Waals surface area contributed by atoms with E-state index in [4.69, 9.17) is 23.2 Å². The molecule has 0 bridgehead atoms. The number of carbonyl (C=O) groups is 1. The second kappa shape index (κ2) is 5.01. The molecule has 92 valence electrons. The van der Waals surface area contributed by atoms with Crippen LogP contribution in [0.15, 0.2) is 36.4 Å². The molecule has 2 aromatic carbocycles. The third kappa shape index (κ3) is 2.50. The number of aryl methyl sites for hydroxylation is 1. The van der Waals surface area contributed by atoms with E-state index in [0.29, 0.717) is 21.2 Å². The van der Waals surface area contributed by atoms with Crippen LogP contribution < -0.4 is 0 Å². The van der Waals surface area contributed by atoms with E-state index in [2.05, 4.69) is 0 Å². The molecular formula is C14H10Cl2O2. The molecule has 0 saturated heterocycles. The minimum Gasteiger partial charge on any atom is -0.478 e. The highest BCUT2D eigenvalue weighted by Crippen LogP contribution is 2.33. The third-order valence-electron chi connectivity index (χ3n) is 2.62. The fourth-order valence-corrected chi connectivity index (χ4v) is 2.16. The Morgan fingerprint density at radius 3 is 2.44 bits per heavy atom. The molecule has 18 heavy (non-hydrogen) atoms. The lowest BCUT2D eigenvalue weighted by molar-refractivity contribution is 0.0698. The Morgan fingerprint density at radius 2 is 1.78 bits per heavy atom. The molecule has 1 N–H and O–H groups in total. The summed E-state index contributed by atoms with van der Waals surface area (Å²) in [5, 5.41) is 10.2. The monoisotopic (exact) mass is 280 g/mol. The van der Waals surface area contributed by atoms with Crippen LogP contribution in [0.2, 0.25) is 10.0 Å². The van der Waals surface area contributed by atoms with Gasteiger partial charge in [0, 0.05) is 15.6 Å². The Hall–Kier alpha value is -1.51. The molecule has 0 saturated carbocycles. The minimum atomic E-state index is -0.985. The Bertz CT molecular complexity index is 621. The molecule has 0 aliphatic rings. The third-order valence-corrected chi connectivity index (χ3v) is 3.19. The Balaban J connectivity index is 2.73. The van der Waals surface area contributed by atoms with Crippen LogP contribution in [0.25, 0.3) is 11.1 Å². The van der Waals surface area contributed by atoms with Crippen molar-refractivity contribution >= 4 is 29.2 Å². The van der Waals surface area contributed by atoms with Crippen LogP contribution >= 0.6 is 23.2 Å². The first-order valence-electron chi connectivity index (χ1n) is 5.28. The average molecular weight is 281 g/mol. The lowest BCUT2D eigenvalue weighted by atomic mass is 9.97. The van der Waals surface area contributed by atoms with Gasteiger partial charge in [0.2, 0.25) is 0 Å². The van der Waals surface area contributed by atoms with E-state index >= 15 is 0 Å². The van der Waals surface area contributed by atoms with Gasteiger partial charge in [-0.2, -0.15) is 0 Å². The smallest absolute Gasteiger partial charge is 0.336 e. The van der Waals surface area contributed by atoms with Crippen LogP contribution in [0.4, 0.5) is 0 Å². The highest BCUT2D eigenvalue weighted by atomic mass is 35.5. The number of halogens is 2. The van der Waals surface area contributed by atoms with Gasteiger partial charge >= 0.3 is 5.97 Å². The summed E-state index contributed by atoms with van der Waals surface area (Å²) in [5.41, 5.74) is 2.39. The molecule has 2 nitrogen and oxygen atoms in total. The molecule has 0 atom stereocenters. The Morgan fingerprint density at radius 1 is 1.06 bits per heavy atom. The summed E-state index contributed by atoms with van der Waals surface area (Å²) in [7, 11) is 0. The van der Waals surface area contributed by atoms with Gasteiger partial charge in [-0.15, -0.1) is 0 Å². The maximum absolute atomic E-state index is 11.2. The minimum absolute atomic E-state index is 0.213. The summed E-state index contributed by atoms with van der Waals surface area (Å²) >= 11 is 12.0. The SMILES string of the molecule is Cc1ccc(C(=O)O)c(-c2cc(Cl)ccc2Cl)c1. The predicted octanol–water partition coefficient (Wildman–Crippen LogP) is 4.67. The number of carboxylic acids is 1. The molecule has 4 heteroatoms. The van der Waals surface area contributed by atoms with Crippen molar-refractivity contribution in [3.05, 3.63) is 57.6 Å². The molecule has 0 heterocycles. The van der Waals surface area contributed by atoms with Crippen molar-refractivity contribution in [2.45, 2.75) is 6.92 Å². The quantitative estimate of drug-likeness (QED) is 0.868. The molecule has 0 radical (unpaired) electrons. The molecule has 0 unspecified atom stereocenters. The van der Waals surface area contributed by atoms with Crippen molar-refractivity contribution in [2.75, 3.05) is 0 Å². The number of aromatic carboxylic acids is 1. The van der Waals surface area contributed by atoms with Gasteiger partial charge in [0.05, 0.1) is 5.56 Å². The zero-order valence-electron chi connectivity index (χ0n) is 9.58. The van der Waals surface area contributed by atoms with Gasteiger partial charge in [0.25, 0.3) is 0 Å². The van der Waals surface area contributed by atoms with Crippen molar-refractivity contribution in [2.24, 2.45) is 0 Å². The average Bonchev–Trinajstić information content (AvgIpc) is 2.31. The molecular weight excluding hydrogens is 271 g/mol. The first-order valence-corrected chi connectivity index (χ1v) is 6.04. The number of rotatable bonds is 2. The predicted molar refractivity (Wildman–Crippen MR) is 73.6 cm³/mol. The van der Waals surface area contributed by atoms with E-state index in [1.165, 1.54) is 0 Å². The van der Waals surface area contributed by atoms with Crippen LogP contribution in [-0.4, -0.2) is 11.1 Å². The van der Waals surface area contributed by atoms with Gasteiger partial charge in [-0.25, -0.2) is 4.79 Å². The molecule has 0 spiro atoms. The zero-order valence-corrected chi connectivity index (χ0v) is 11.1. The van der Waals surface area contributed by atoms with Gasteiger partial charge < -0.3 is 5.11 Å². The Kier molecular flexibility index (Phi) is 3.60. The Labute approximate surface area is 115 Å². The zero-order chi connectivity index (χ0) is 13.3. The summed E-state index contributed by atoms with van der Waals surface area (Å²) in [6, 6.07) is 10.1. The van der Waals surface area contributed by atoms with Crippen molar-refractivity contribution in [1.82, 2.24) is 0 Å². The maximum Gasteiger partial charge on any atom is 0.336 e. The summed E-state index contributed by atoms with van der Waals surface area (Å²) in [6.07, 6.45) is 0. The number of hydrogen-bond donors (Lipinski definition) is 1. The maximum atomic E-state index is 11.2. The van der Waals surface area contributed by atoms with Crippen LogP contribution in [0, 0.1) is 6.92 Å². The number of benzene rings is 2. The molecule has 0 aromatic heterocycles. The van der Waals surface area contributed by atoms with Crippen LogP contribution in [0.3, 0.4) is 0 Å². The van der Waals surface area contributed by atoms with E-state index in [1.807, 2.05) is 6.92 Å². The summed E-state index contributed by atoms with van der Waals surface area (Å²) in [6.45, 7) is 1.90. The summed E-state index contributed by atoms with van der Waals surface area (Å²) in [4.78, 5) is 11.2. The largest absolute Gasteiger partial charge is 0.478 e. The molecule has 2 rings (SSSR count). The van der Waals surface area contributed by atoms with Gasteiger partial charge in [0.15, 0.2) is 0 Å². The van der Waals surface area contributed by atoms with Gasteiger partial charge in [-0.1, -0.05) is 40.9 Å². The van der Waals surface area contributed by atoms with Gasteiger partial charge in [-0.3, -0.25) is 0 Å². The van der Waals surface area contributed by atoms with E-state index in [-0.39, 0.29) is 5.56 Å².